The predicted molar refractivity (Wildman–Crippen MR) is 158 cm³/mol. The lowest BCUT2D eigenvalue weighted by molar-refractivity contribution is 0.0832. The predicted octanol–water partition coefficient (Wildman–Crippen LogP) is 5.89. The fourth-order valence-corrected chi connectivity index (χ4v) is 6.26. The second-order valence-electron chi connectivity index (χ2n) is 8.95. The molecule has 40 heavy (non-hydrogen) atoms. The van der Waals surface area contributed by atoms with Gasteiger partial charge < -0.3 is 4.90 Å². The maximum absolute atomic E-state index is 13.2. The molecule has 0 fully saturated rings. The van der Waals surface area contributed by atoms with Crippen LogP contribution in [-0.2, 0) is 0 Å². The molecule has 0 bridgehead atoms. The molecular weight excluding hydrogens is 593 g/mol. The molecule has 0 saturated carbocycles. The number of carbonyl (C=O) groups is 1. The highest BCUT2D eigenvalue weighted by Gasteiger charge is 2.30. The molecule has 5 rings (SSSR count). The van der Waals surface area contributed by atoms with Crippen molar-refractivity contribution < 1.29 is 4.79 Å². The van der Waals surface area contributed by atoms with E-state index in [9.17, 15) is 14.4 Å². The van der Waals surface area contributed by atoms with Crippen LogP contribution in [0.2, 0.25) is 15.1 Å². The Labute approximate surface area is 247 Å². The van der Waals surface area contributed by atoms with Crippen LogP contribution in [0.25, 0.3) is 16.9 Å². The van der Waals surface area contributed by atoms with Crippen LogP contribution in [0.4, 0.5) is 0 Å². The molecule has 0 aliphatic heterocycles. The highest BCUT2D eigenvalue weighted by atomic mass is 35.5. The number of rotatable bonds is 6. The van der Waals surface area contributed by atoms with E-state index in [0.717, 1.165) is 22.0 Å². The van der Waals surface area contributed by atoms with E-state index in [-0.39, 0.29) is 21.6 Å². The van der Waals surface area contributed by atoms with Gasteiger partial charge >= 0.3 is 5.69 Å². The van der Waals surface area contributed by atoms with Gasteiger partial charge in [-0.15, -0.1) is 11.3 Å². The van der Waals surface area contributed by atoms with E-state index in [1.165, 1.54) is 28.4 Å². The van der Waals surface area contributed by atoms with Gasteiger partial charge in [0.05, 0.1) is 17.3 Å². The maximum Gasteiger partial charge on any atom is 0.349 e. The first kappa shape index (κ1) is 27.8. The summed E-state index contributed by atoms with van der Waals surface area (Å²) in [4.78, 5) is 46.2. The normalized spacial score (nSPS) is 11.8. The molecular formula is C28H20Cl3N5O3S. The fraction of sp³-hybridized carbons (Fsp3) is 0.107. The second-order valence-corrected chi connectivity index (χ2v) is 11.2. The van der Waals surface area contributed by atoms with E-state index in [2.05, 4.69) is 10.1 Å². The summed E-state index contributed by atoms with van der Waals surface area (Å²) in [5.41, 5.74) is 1.55. The van der Waals surface area contributed by atoms with Crippen molar-refractivity contribution in [3.05, 3.63) is 130 Å². The van der Waals surface area contributed by atoms with Crippen molar-refractivity contribution in [2.75, 3.05) is 14.1 Å². The summed E-state index contributed by atoms with van der Waals surface area (Å²) < 4.78 is 0.991. The Bertz CT molecular complexity index is 1810. The quantitative estimate of drug-likeness (QED) is 0.258. The standard InChI is InChI=1S/C28H20Cl3N5O3S/c1-35(2)27(38)25-24(16-6-4-3-5-7-16)34-26(40-25)22(15-8-10-17(29)11-9-15)23-19(30)12-18(13-20(23)31)36-28(39)33-21(37)14-32-36/h3-14,22H,1-2H3,(H,33,37,39). The van der Waals surface area contributed by atoms with Gasteiger partial charge in [0.1, 0.15) is 16.1 Å². The van der Waals surface area contributed by atoms with Gasteiger partial charge in [-0.2, -0.15) is 9.78 Å². The van der Waals surface area contributed by atoms with Crippen LogP contribution in [0.15, 0.2) is 82.5 Å². The average molecular weight is 613 g/mol. The fourth-order valence-electron chi connectivity index (χ4n) is 4.19. The minimum Gasteiger partial charge on any atom is -0.344 e. The van der Waals surface area contributed by atoms with Crippen molar-refractivity contribution in [1.29, 1.82) is 0 Å². The minimum absolute atomic E-state index is 0.187. The van der Waals surface area contributed by atoms with Crippen LogP contribution in [0, 0.1) is 0 Å². The van der Waals surface area contributed by atoms with Gasteiger partial charge in [-0.1, -0.05) is 77.3 Å². The Morgan fingerprint density at radius 2 is 1.62 bits per heavy atom. The minimum atomic E-state index is -0.735. The zero-order valence-electron chi connectivity index (χ0n) is 21.1. The summed E-state index contributed by atoms with van der Waals surface area (Å²) in [7, 11) is 3.37. The molecule has 1 amide bonds. The highest BCUT2D eigenvalue weighted by molar-refractivity contribution is 7.14. The SMILES string of the molecule is CN(C)C(=O)c1sc(C(c2ccc(Cl)cc2)c2c(Cl)cc(-n3ncc(=O)[nH]c3=O)cc2Cl)nc1-c1ccccc1. The van der Waals surface area contributed by atoms with Gasteiger partial charge in [0, 0.05) is 40.3 Å². The highest BCUT2D eigenvalue weighted by Crippen LogP contribution is 2.44. The van der Waals surface area contributed by atoms with Crippen LogP contribution in [-0.4, -0.2) is 44.7 Å². The third-order valence-electron chi connectivity index (χ3n) is 6.05. The largest absolute Gasteiger partial charge is 0.349 e. The molecule has 0 aliphatic rings. The molecule has 8 nitrogen and oxygen atoms in total. The monoisotopic (exact) mass is 611 g/mol. The maximum atomic E-state index is 13.2. The number of aromatic nitrogens is 4. The molecule has 1 N–H and O–H groups in total. The van der Waals surface area contributed by atoms with E-state index in [1.54, 1.807) is 26.2 Å². The van der Waals surface area contributed by atoms with Gasteiger partial charge in [0.15, 0.2) is 0 Å². The number of hydrogen-bond acceptors (Lipinski definition) is 6. The van der Waals surface area contributed by atoms with Crippen molar-refractivity contribution in [1.82, 2.24) is 24.6 Å². The summed E-state index contributed by atoms with van der Waals surface area (Å²) in [6.45, 7) is 0. The molecule has 2 heterocycles. The van der Waals surface area contributed by atoms with E-state index >= 15 is 0 Å². The number of benzene rings is 3. The van der Waals surface area contributed by atoms with Crippen LogP contribution >= 0.6 is 46.1 Å². The number of thiazole rings is 1. The first-order valence-electron chi connectivity index (χ1n) is 11.8. The number of nitrogens with zero attached hydrogens (tertiary/aromatic N) is 4. The van der Waals surface area contributed by atoms with Crippen molar-refractivity contribution in [2.45, 2.75) is 5.92 Å². The van der Waals surface area contributed by atoms with Crippen molar-refractivity contribution in [3.8, 4) is 16.9 Å². The zero-order chi connectivity index (χ0) is 28.6. The number of hydrogen-bond donors (Lipinski definition) is 1. The molecule has 202 valence electrons. The molecule has 2 aromatic heterocycles. The van der Waals surface area contributed by atoms with Crippen molar-refractivity contribution in [3.63, 3.8) is 0 Å². The first-order valence-corrected chi connectivity index (χ1v) is 13.8. The molecule has 12 heteroatoms. The molecule has 3 aromatic carbocycles. The first-order chi connectivity index (χ1) is 19.1. The number of halogens is 3. The molecule has 1 atom stereocenters. The lowest BCUT2D eigenvalue weighted by Gasteiger charge is -2.20. The summed E-state index contributed by atoms with van der Waals surface area (Å²) in [5, 5.41) is 5.49. The summed E-state index contributed by atoms with van der Waals surface area (Å²) >= 11 is 21.1. The molecule has 0 saturated heterocycles. The summed E-state index contributed by atoms with van der Waals surface area (Å²) in [6, 6.07) is 19.7. The van der Waals surface area contributed by atoms with Gasteiger partial charge in [-0.3, -0.25) is 14.6 Å². The number of amides is 1. The van der Waals surface area contributed by atoms with Gasteiger partial charge in [0.25, 0.3) is 11.5 Å². The lowest BCUT2D eigenvalue weighted by atomic mass is 9.91. The number of carbonyl (C=O) groups excluding carboxylic acids is 1. The van der Waals surface area contributed by atoms with Crippen molar-refractivity contribution in [2.24, 2.45) is 0 Å². The van der Waals surface area contributed by atoms with Crippen LogP contribution < -0.4 is 11.2 Å². The third kappa shape index (κ3) is 5.46. The van der Waals surface area contributed by atoms with E-state index in [4.69, 9.17) is 39.8 Å². The van der Waals surface area contributed by atoms with Crippen molar-refractivity contribution >= 4 is 52.0 Å². The van der Waals surface area contributed by atoms with E-state index in [1.807, 2.05) is 42.5 Å². The average Bonchev–Trinajstić information content (AvgIpc) is 3.36. The topological polar surface area (TPSA) is 101 Å². The van der Waals surface area contributed by atoms with Crippen LogP contribution in [0.3, 0.4) is 0 Å². The van der Waals surface area contributed by atoms with Crippen LogP contribution in [0.1, 0.15) is 31.7 Å². The third-order valence-corrected chi connectivity index (χ3v) is 8.04. The van der Waals surface area contributed by atoms with E-state index in [0.29, 0.717) is 26.2 Å². The Balaban J connectivity index is 1.74. The molecule has 0 radical (unpaired) electrons. The Morgan fingerprint density at radius 3 is 2.23 bits per heavy atom. The Morgan fingerprint density at radius 1 is 0.975 bits per heavy atom. The number of aromatic amines is 1. The lowest BCUT2D eigenvalue weighted by Crippen LogP contribution is -2.30. The molecule has 5 aromatic rings. The molecule has 0 spiro atoms. The summed E-state index contributed by atoms with van der Waals surface area (Å²) in [5.74, 6) is -0.767. The number of nitrogens with one attached hydrogen (secondary N) is 1. The molecule has 0 aliphatic carbocycles. The number of H-pyrrole nitrogens is 1. The Kier molecular flexibility index (Phi) is 7.91. The zero-order valence-corrected chi connectivity index (χ0v) is 24.1. The summed E-state index contributed by atoms with van der Waals surface area (Å²) in [6.07, 6.45) is 0.984. The van der Waals surface area contributed by atoms with Gasteiger partial charge in [0.2, 0.25) is 0 Å². The van der Waals surface area contributed by atoms with Crippen LogP contribution in [0.5, 0.6) is 0 Å². The van der Waals surface area contributed by atoms with Gasteiger partial charge in [-0.25, -0.2) is 9.78 Å². The second kappa shape index (κ2) is 11.4. The Hall–Kier alpha value is -3.76. The molecule has 1 unspecified atom stereocenters. The van der Waals surface area contributed by atoms with E-state index < -0.39 is 17.2 Å². The smallest absolute Gasteiger partial charge is 0.344 e. The van der Waals surface area contributed by atoms with Gasteiger partial charge in [-0.05, 0) is 29.8 Å².